The number of aryl methyl sites for hydroxylation is 2. The first-order chi connectivity index (χ1) is 14.2. The van der Waals surface area contributed by atoms with Crippen LogP contribution in [0.1, 0.15) is 23.4 Å². The summed E-state index contributed by atoms with van der Waals surface area (Å²) in [5.74, 6) is -0.178. The summed E-state index contributed by atoms with van der Waals surface area (Å²) in [5, 5.41) is 13.5. The summed E-state index contributed by atoms with van der Waals surface area (Å²) in [6.07, 6.45) is 0.768. The van der Waals surface area contributed by atoms with E-state index in [0.29, 0.717) is 12.1 Å². The van der Waals surface area contributed by atoms with Crippen molar-refractivity contribution >= 4 is 38.2 Å². The number of fused-ring (bicyclic) bond motifs is 3. The first kappa shape index (κ1) is 20.0. The van der Waals surface area contributed by atoms with E-state index in [1.54, 1.807) is 0 Å². The molecule has 8 nitrogen and oxygen atoms in total. The SMILES string of the molecule is Cc1nc2c3ccccc3nn2c(C)c1CCC(=O)Nc1ccc(S(N)(=O)=O)cc1. The number of primary sulfonamides is 1. The quantitative estimate of drug-likeness (QED) is 0.511. The summed E-state index contributed by atoms with van der Waals surface area (Å²) in [5.41, 5.74) is 5.01. The van der Waals surface area contributed by atoms with Crippen LogP contribution in [-0.4, -0.2) is 28.9 Å². The number of nitrogens with one attached hydrogen (secondary N) is 1. The maximum Gasteiger partial charge on any atom is 0.238 e. The molecular formula is C21H21N5O3S. The van der Waals surface area contributed by atoms with E-state index in [9.17, 15) is 13.2 Å². The van der Waals surface area contributed by atoms with Crippen LogP contribution in [0.25, 0.3) is 16.6 Å². The van der Waals surface area contributed by atoms with E-state index in [4.69, 9.17) is 10.1 Å². The molecule has 0 aliphatic carbocycles. The van der Waals surface area contributed by atoms with Crippen LogP contribution < -0.4 is 10.5 Å². The van der Waals surface area contributed by atoms with Gasteiger partial charge in [0.05, 0.1) is 10.4 Å². The normalized spacial score (nSPS) is 11.8. The smallest absolute Gasteiger partial charge is 0.238 e. The van der Waals surface area contributed by atoms with E-state index < -0.39 is 10.0 Å². The van der Waals surface area contributed by atoms with Gasteiger partial charge in [-0.05, 0) is 62.2 Å². The predicted molar refractivity (Wildman–Crippen MR) is 115 cm³/mol. The molecule has 2 heterocycles. The molecule has 0 saturated heterocycles. The minimum atomic E-state index is -3.76. The summed E-state index contributed by atoms with van der Waals surface area (Å²) < 4.78 is 24.5. The molecule has 4 aromatic rings. The van der Waals surface area contributed by atoms with E-state index in [0.717, 1.165) is 33.5 Å². The molecule has 9 heteroatoms. The Morgan fingerprint density at radius 3 is 2.50 bits per heavy atom. The fourth-order valence-electron chi connectivity index (χ4n) is 3.53. The van der Waals surface area contributed by atoms with Crippen molar-refractivity contribution in [1.82, 2.24) is 14.6 Å². The zero-order valence-electron chi connectivity index (χ0n) is 16.6. The van der Waals surface area contributed by atoms with Gasteiger partial charge >= 0.3 is 0 Å². The van der Waals surface area contributed by atoms with Crippen LogP contribution in [0.4, 0.5) is 5.69 Å². The molecule has 0 atom stereocenters. The average Bonchev–Trinajstić information content (AvgIpc) is 3.06. The Morgan fingerprint density at radius 1 is 1.10 bits per heavy atom. The van der Waals surface area contributed by atoms with Gasteiger partial charge in [0, 0.05) is 28.9 Å². The Morgan fingerprint density at radius 2 is 1.80 bits per heavy atom. The average molecular weight is 423 g/mol. The predicted octanol–water partition coefficient (Wildman–Crippen LogP) is 2.72. The zero-order chi connectivity index (χ0) is 21.5. The highest BCUT2D eigenvalue weighted by atomic mass is 32.2. The third-order valence-corrected chi connectivity index (χ3v) is 6.02. The van der Waals surface area contributed by atoms with Crippen molar-refractivity contribution in [3.63, 3.8) is 0 Å². The van der Waals surface area contributed by atoms with Gasteiger partial charge in [-0.25, -0.2) is 23.1 Å². The molecule has 0 saturated carbocycles. The third-order valence-electron chi connectivity index (χ3n) is 5.09. The lowest BCUT2D eigenvalue weighted by atomic mass is 10.1. The monoisotopic (exact) mass is 423 g/mol. The number of nitrogens with two attached hydrogens (primary N) is 1. The van der Waals surface area contributed by atoms with Crippen molar-refractivity contribution in [3.05, 3.63) is 65.5 Å². The van der Waals surface area contributed by atoms with Crippen molar-refractivity contribution < 1.29 is 13.2 Å². The zero-order valence-corrected chi connectivity index (χ0v) is 17.4. The number of amides is 1. The number of nitrogens with zero attached hydrogens (tertiary/aromatic N) is 3. The molecule has 0 aliphatic heterocycles. The van der Waals surface area contributed by atoms with Gasteiger partial charge in [0.25, 0.3) is 0 Å². The second kappa shape index (κ2) is 7.51. The molecule has 154 valence electrons. The fourth-order valence-corrected chi connectivity index (χ4v) is 4.04. The Bertz CT molecular complexity index is 1380. The molecule has 1 amide bonds. The summed E-state index contributed by atoms with van der Waals surface area (Å²) in [6, 6.07) is 13.6. The van der Waals surface area contributed by atoms with Crippen LogP contribution in [0.3, 0.4) is 0 Å². The van der Waals surface area contributed by atoms with Gasteiger partial charge in [-0.2, -0.15) is 5.10 Å². The minimum Gasteiger partial charge on any atom is -0.326 e. The summed E-state index contributed by atoms with van der Waals surface area (Å²) in [6.45, 7) is 3.92. The van der Waals surface area contributed by atoms with Crippen LogP contribution in [0.2, 0.25) is 0 Å². The van der Waals surface area contributed by atoms with Crippen molar-refractivity contribution in [3.8, 4) is 0 Å². The Labute approximate surface area is 173 Å². The van der Waals surface area contributed by atoms with Gasteiger partial charge in [-0.15, -0.1) is 0 Å². The minimum absolute atomic E-state index is 0.00210. The maximum atomic E-state index is 12.4. The van der Waals surface area contributed by atoms with Gasteiger partial charge in [-0.3, -0.25) is 4.79 Å². The van der Waals surface area contributed by atoms with Crippen molar-refractivity contribution in [1.29, 1.82) is 0 Å². The molecule has 0 aliphatic rings. The number of hydrogen-bond acceptors (Lipinski definition) is 5. The third kappa shape index (κ3) is 3.77. The highest BCUT2D eigenvalue weighted by Gasteiger charge is 2.15. The molecule has 2 aromatic heterocycles. The number of sulfonamides is 1. The fraction of sp³-hybridized carbons (Fsp3) is 0.190. The Hall–Kier alpha value is -3.30. The first-order valence-corrected chi connectivity index (χ1v) is 10.9. The highest BCUT2D eigenvalue weighted by molar-refractivity contribution is 7.89. The lowest BCUT2D eigenvalue weighted by Gasteiger charge is -2.11. The lowest BCUT2D eigenvalue weighted by Crippen LogP contribution is -2.15. The Balaban J connectivity index is 1.52. The van der Waals surface area contributed by atoms with Gasteiger partial charge in [-0.1, -0.05) is 12.1 Å². The second-order valence-electron chi connectivity index (χ2n) is 7.13. The maximum absolute atomic E-state index is 12.4. The number of anilines is 1. The number of carbonyl (C=O) groups is 1. The van der Waals surface area contributed by atoms with Crippen LogP contribution in [0, 0.1) is 13.8 Å². The topological polar surface area (TPSA) is 119 Å². The number of rotatable bonds is 5. The van der Waals surface area contributed by atoms with Crippen LogP contribution in [0.15, 0.2) is 53.4 Å². The van der Waals surface area contributed by atoms with Crippen LogP contribution in [0.5, 0.6) is 0 Å². The van der Waals surface area contributed by atoms with Gasteiger partial charge in [0.15, 0.2) is 5.65 Å². The highest BCUT2D eigenvalue weighted by Crippen LogP contribution is 2.23. The lowest BCUT2D eigenvalue weighted by molar-refractivity contribution is -0.116. The van der Waals surface area contributed by atoms with E-state index in [1.807, 2.05) is 42.6 Å². The molecule has 4 rings (SSSR count). The molecule has 2 aromatic carbocycles. The summed E-state index contributed by atoms with van der Waals surface area (Å²) >= 11 is 0. The number of hydrogen-bond donors (Lipinski definition) is 2. The van der Waals surface area contributed by atoms with Crippen molar-refractivity contribution in [2.24, 2.45) is 5.14 Å². The molecule has 0 fully saturated rings. The molecule has 0 unspecified atom stereocenters. The largest absolute Gasteiger partial charge is 0.326 e. The van der Waals surface area contributed by atoms with Crippen molar-refractivity contribution in [2.75, 3.05) is 5.32 Å². The number of benzene rings is 2. The van der Waals surface area contributed by atoms with Crippen LogP contribution in [-0.2, 0) is 21.2 Å². The van der Waals surface area contributed by atoms with E-state index in [-0.39, 0.29) is 17.2 Å². The molecule has 0 radical (unpaired) electrons. The number of aromatic nitrogens is 3. The summed E-state index contributed by atoms with van der Waals surface area (Å²) in [4.78, 5) is 17.1. The summed E-state index contributed by atoms with van der Waals surface area (Å²) in [7, 11) is -3.76. The molecular weight excluding hydrogens is 402 g/mol. The molecule has 3 N–H and O–H groups in total. The van der Waals surface area contributed by atoms with Gasteiger partial charge in [0.2, 0.25) is 15.9 Å². The van der Waals surface area contributed by atoms with E-state index in [1.165, 1.54) is 24.3 Å². The van der Waals surface area contributed by atoms with E-state index >= 15 is 0 Å². The van der Waals surface area contributed by atoms with Crippen molar-refractivity contribution in [2.45, 2.75) is 31.6 Å². The first-order valence-electron chi connectivity index (χ1n) is 9.40. The molecule has 0 spiro atoms. The molecule has 30 heavy (non-hydrogen) atoms. The second-order valence-corrected chi connectivity index (χ2v) is 8.69. The van der Waals surface area contributed by atoms with Crippen LogP contribution >= 0.6 is 0 Å². The number of carbonyl (C=O) groups excluding carboxylic acids is 1. The van der Waals surface area contributed by atoms with Gasteiger partial charge < -0.3 is 5.32 Å². The Kier molecular flexibility index (Phi) is 5.00. The standard InChI is InChI=1S/C21H21N5O3S/c1-13-17(14(2)26-21(23-13)18-5-3-4-6-19(18)25-26)11-12-20(27)24-15-7-9-16(10-8-15)30(22,28)29/h3-10H,11-12H2,1-2H3,(H,24,27)(H2,22,28,29). The van der Waals surface area contributed by atoms with E-state index in [2.05, 4.69) is 10.4 Å². The van der Waals surface area contributed by atoms with Gasteiger partial charge in [0.1, 0.15) is 0 Å². The molecule has 0 bridgehead atoms.